The Balaban J connectivity index is 2.23. The number of hydrogen-bond acceptors (Lipinski definition) is 2. The first-order chi connectivity index (χ1) is 7.70. The Hall–Kier alpha value is -1.09. The number of aryl methyl sites for hydroxylation is 1. The van der Waals surface area contributed by atoms with Gasteiger partial charge in [-0.1, -0.05) is 13.0 Å². The van der Waals surface area contributed by atoms with Gasteiger partial charge >= 0.3 is 0 Å². The summed E-state index contributed by atoms with van der Waals surface area (Å²) in [7, 11) is 0. The summed E-state index contributed by atoms with van der Waals surface area (Å²) in [6.07, 6.45) is 4.46. The van der Waals surface area contributed by atoms with Gasteiger partial charge in [0.15, 0.2) is 0 Å². The monoisotopic (exact) mass is 220 g/mol. The minimum atomic E-state index is 0.0166. The molecule has 0 bridgehead atoms. The maximum atomic E-state index is 11.3. The van der Waals surface area contributed by atoms with Crippen LogP contribution >= 0.6 is 0 Å². The van der Waals surface area contributed by atoms with E-state index in [1.807, 2.05) is 6.07 Å². The van der Waals surface area contributed by atoms with Gasteiger partial charge < -0.3 is 10.3 Å². The Morgan fingerprint density at radius 3 is 3.12 bits per heavy atom. The third-order valence-corrected chi connectivity index (χ3v) is 3.43. The molecule has 1 aromatic heterocycles. The first-order valence-corrected chi connectivity index (χ1v) is 6.19. The van der Waals surface area contributed by atoms with Crippen molar-refractivity contribution in [1.29, 1.82) is 0 Å². The van der Waals surface area contributed by atoms with E-state index in [2.05, 4.69) is 24.1 Å². The van der Waals surface area contributed by atoms with Crippen LogP contribution in [0.3, 0.4) is 0 Å². The fourth-order valence-electron chi connectivity index (χ4n) is 2.33. The van der Waals surface area contributed by atoms with Crippen molar-refractivity contribution in [3.05, 3.63) is 33.7 Å². The SMILES string of the molecule is CCC(C)NC1CCCc2[nH]c(=O)ccc21. The Kier molecular flexibility index (Phi) is 3.44. The van der Waals surface area contributed by atoms with E-state index in [1.165, 1.54) is 12.0 Å². The quantitative estimate of drug-likeness (QED) is 0.819. The summed E-state index contributed by atoms with van der Waals surface area (Å²) in [6, 6.07) is 4.56. The molecule has 1 aromatic rings. The highest BCUT2D eigenvalue weighted by atomic mass is 16.1. The largest absolute Gasteiger partial charge is 0.326 e. The van der Waals surface area contributed by atoms with E-state index in [0.29, 0.717) is 12.1 Å². The number of pyridine rings is 1. The zero-order valence-corrected chi connectivity index (χ0v) is 10.0. The summed E-state index contributed by atoms with van der Waals surface area (Å²) in [6.45, 7) is 4.40. The van der Waals surface area contributed by atoms with E-state index in [1.54, 1.807) is 6.07 Å². The number of rotatable bonds is 3. The van der Waals surface area contributed by atoms with Gasteiger partial charge in [0.05, 0.1) is 0 Å². The molecule has 0 radical (unpaired) electrons. The van der Waals surface area contributed by atoms with Crippen LogP contribution < -0.4 is 10.9 Å². The molecule has 0 spiro atoms. The lowest BCUT2D eigenvalue weighted by molar-refractivity contribution is 0.399. The molecule has 16 heavy (non-hydrogen) atoms. The van der Waals surface area contributed by atoms with Crippen molar-refractivity contribution in [2.75, 3.05) is 0 Å². The molecule has 88 valence electrons. The molecular weight excluding hydrogens is 200 g/mol. The molecule has 0 aromatic carbocycles. The maximum absolute atomic E-state index is 11.3. The second kappa shape index (κ2) is 4.83. The van der Waals surface area contributed by atoms with Crippen molar-refractivity contribution in [2.24, 2.45) is 0 Å². The van der Waals surface area contributed by atoms with Gasteiger partial charge in [-0.3, -0.25) is 4.79 Å². The zero-order chi connectivity index (χ0) is 11.5. The van der Waals surface area contributed by atoms with E-state index in [0.717, 1.165) is 25.0 Å². The van der Waals surface area contributed by atoms with Crippen molar-refractivity contribution in [3.8, 4) is 0 Å². The normalized spacial score (nSPS) is 21.5. The van der Waals surface area contributed by atoms with E-state index >= 15 is 0 Å². The summed E-state index contributed by atoms with van der Waals surface area (Å²) in [5.74, 6) is 0. The van der Waals surface area contributed by atoms with Gasteiger partial charge in [0.25, 0.3) is 0 Å². The third-order valence-electron chi connectivity index (χ3n) is 3.43. The minimum Gasteiger partial charge on any atom is -0.326 e. The molecular formula is C13H20N2O. The minimum absolute atomic E-state index is 0.0166. The van der Waals surface area contributed by atoms with Crippen LogP contribution in [0.1, 0.15) is 50.4 Å². The van der Waals surface area contributed by atoms with Crippen molar-refractivity contribution in [1.82, 2.24) is 10.3 Å². The predicted octanol–water partition coefficient (Wildman–Crippen LogP) is 2.14. The smallest absolute Gasteiger partial charge is 0.248 e. The second-order valence-corrected chi connectivity index (χ2v) is 4.68. The molecule has 1 heterocycles. The van der Waals surface area contributed by atoms with Crippen LogP contribution in [0.2, 0.25) is 0 Å². The lowest BCUT2D eigenvalue weighted by Crippen LogP contribution is -2.33. The zero-order valence-electron chi connectivity index (χ0n) is 10.0. The van der Waals surface area contributed by atoms with Crippen LogP contribution in [-0.2, 0) is 6.42 Å². The second-order valence-electron chi connectivity index (χ2n) is 4.68. The third kappa shape index (κ3) is 2.35. The van der Waals surface area contributed by atoms with Crippen molar-refractivity contribution in [3.63, 3.8) is 0 Å². The van der Waals surface area contributed by atoms with Crippen LogP contribution in [0, 0.1) is 0 Å². The van der Waals surface area contributed by atoms with Gasteiger partial charge in [-0.25, -0.2) is 0 Å². The van der Waals surface area contributed by atoms with E-state index in [9.17, 15) is 4.79 Å². The molecule has 1 aliphatic carbocycles. The molecule has 0 amide bonds. The number of hydrogen-bond donors (Lipinski definition) is 2. The first kappa shape index (κ1) is 11.4. The summed E-state index contributed by atoms with van der Waals surface area (Å²) < 4.78 is 0. The Labute approximate surface area is 96.3 Å². The van der Waals surface area contributed by atoms with E-state index in [-0.39, 0.29) is 5.56 Å². The Morgan fingerprint density at radius 1 is 1.56 bits per heavy atom. The number of nitrogens with one attached hydrogen (secondary N) is 2. The van der Waals surface area contributed by atoms with E-state index in [4.69, 9.17) is 0 Å². The topological polar surface area (TPSA) is 44.9 Å². The number of aromatic amines is 1. The molecule has 0 saturated carbocycles. The highest BCUT2D eigenvalue weighted by molar-refractivity contribution is 5.26. The van der Waals surface area contributed by atoms with Crippen molar-refractivity contribution >= 4 is 0 Å². The standard InChI is InChI=1S/C13H20N2O/c1-3-9(2)14-11-5-4-6-12-10(11)7-8-13(16)15-12/h7-9,11,14H,3-6H2,1-2H3,(H,15,16). The van der Waals surface area contributed by atoms with Crippen LogP contribution in [-0.4, -0.2) is 11.0 Å². The van der Waals surface area contributed by atoms with E-state index < -0.39 is 0 Å². The first-order valence-electron chi connectivity index (χ1n) is 6.19. The molecule has 0 aliphatic heterocycles. The fraction of sp³-hybridized carbons (Fsp3) is 0.615. The molecule has 2 atom stereocenters. The summed E-state index contributed by atoms with van der Waals surface area (Å²) in [4.78, 5) is 14.2. The lowest BCUT2D eigenvalue weighted by Gasteiger charge is -2.28. The summed E-state index contributed by atoms with van der Waals surface area (Å²) >= 11 is 0. The lowest BCUT2D eigenvalue weighted by atomic mass is 9.90. The number of H-pyrrole nitrogens is 1. The molecule has 2 unspecified atom stereocenters. The van der Waals surface area contributed by atoms with Gasteiger partial charge in [0.1, 0.15) is 0 Å². The Morgan fingerprint density at radius 2 is 2.38 bits per heavy atom. The average Bonchev–Trinajstić information content (AvgIpc) is 2.28. The maximum Gasteiger partial charge on any atom is 0.248 e. The van der Waals surface area contributed by atoms with Gasteiger partial charge in [0, 0.05) is 23.8 Å². The molecule has 3 heteroatoms. The fourth-order valence-corrected chi connectivity index (χ4v) is 2.33. The molecule has 3 nitrogen and oxygen atoms in total. The molecule has 0 fully saturated rings. The van der Waals surface area contributed by atoms with Gasteiger partial charge in [-0.15, -0.1) is 0 Å². The van der Waals surface area contributed by atoms with Gasteiger partial charge in [0.2, 0.25) is 5.56 Å². The molecule has 1 aliphatic rings. The summed E-state index contributed by atoms with van der Waals surface area (Å²) in [5.41, 5.74) is 2.42. The van der Waals surface area contributed by atoms with Gasteiger partial charge in [-0.2, -0.15) is 0 Å². The Bertz CT molecular complexity index is 411. The van der Waals surface area contributed by atoms with Gasteiger partial charge in [-0.05, 0) is 38.2 Å². The number of aromatic nitrogens is 1. The van der Waals surface area contributed by atoms with Crippen molar-refractivity contribution in [2.45, 2.75) is 51.6 Å². The highest BCUT2D eigenvalue weighted by Gasteiger charge is 2.21. The van der Waals surface area contributed by atoms with Crippen LogP contribution in [0.4, 0.5) is 0 Å². The number of fused-ring (bicyclic) bond motifs is 1. The van der Waals surface area contributed by atoms with Crippen LogP contribution in [0.5, 0.6) is 0 Å². The molecule has 0 saturated heterocycles. The predicted molar refractivity (Wildman–Crippen MR) is 65.6 cm³/mol. The highest BCUT2D eigenvalue weighted by Crippen LogP contribution is 2.27. The molecule has 2 rings (SSSR count). The van der Waals surface area contributed by atoms with Crippen molar-refractivity contribution < 1.29 is 0 Å². The summed E-state index contributed by atoms with van der Waals surface area (Å²) in [5, 5.41) is 3.62. The van der Waals surface area contributed by atoms with Crippen LogP contribution in [0.15, 0.2) is 16.9 Å². The van der Waals surface area contributed by atoms with Crippen LogP contribution in [0.25, 0.3) is 0 Å². The average molecular weight is 220 g/mol. The molecule has 2 N–H and O–H groups in total.